The van der Waals surface area contributed by atoms with Crippen LogP contribution in [0.15, 0.2) is 12.2 Å². The van der Waals surface area contributed by atoms with Gasteiger partial charge in [-0.15, -0.1) is 0 Å². The normalized spacial score (nSPS) is 40.5. The molecule has 0 spiro atoms. The Morgan fingerprint density at radius 3 is 2.73 bits per heavy atom. The molecule has 0 amide bonds. The van der Waals surface area contributed by atoms with Crippen LogP contribution in [0.4, 0.5) is 4.39 Å². The summed E-state index contributed by atoms with van der Waals surface area (Å²) < 4.78 is 13.4. The van der Waals surface area contributed by atoms with Gasteiger partial charge in [0.25, 0.3) is 0 Å². The van der Waals surface area contributed by atoms with Crippen molar-refractivity contribution in [3.8, 4) is 0 Å². The summed E-state index contributed by atoms with van der Waals surface area (Å²) in [5.41, 5.74) is 5.63. The van der Waals surface area contributed by atoms with Crippen LogP contribution in [0.1, 0.15) is 20.3 Å². The van der Waals surface area contributed by atoms with Gasteiger partial charge >= 0.3 is 0 Å². The molecule has 1 aliphatic carbocycles. The summed E-state index contributed by atoms with van der Waals surface area (Å²) in [5.74, 6) is 0.0646. The van der Waals surface area contributed by atoms with Crippen molar-refractivity contribution in [2.24, 2.45) is 17.6 Å². The molecule has 1 nitrogen and oxygen atoms in total. The molecular weight excluding hydrogens is 141 g/mol. The number of hydrogen-bond donors (Lipinski definition) is 1. The predicted octanol–water partition coefficient (Wildman–Crippen LogP) is 1.88. The molecule has 0 saturated heterocycles. The number of rotatable bonds is 1. The van der Waals surface area contributed by atoms with Crippen molar-refractivity contribution in [2.45, 2.75) is 32.5 Å². The summed E-state index contributed by atoms with van der Waals surface area (Å²) >= 11 is 0. The largest absolute Gasteiger partial charge is 0.327 e. The molecule has 0 aromatic carbocycles. The molecule has 0 aromatic rings. The van der Waals surface area contributed by atoms with Crippen molar-refractivity contribution in [2.75, 3.05) is 0 Å². The van der Waals surface area contributed by atoms with Gasteiger partial charge in [-0.25, -0.2) is 4.39 Å². The molecule has 0 radical (unpaired) electrons. The third-order valence-corrected chi connectivity index (χ3v) is 2.38. The van der Waals surface area contributed by atoms with Crippen LogP contribution < -0.4 is 5.73 Å². The van der Waals surface area contributed by atoms with Crippen LogP contribution in [0, 0.1) is 11.8 Å². The lowest BCUT2D eigenvalue weighted by Crippen LogP contribution is -2.37. The highest BCUT2D eigenvalue weighted by molar-refractivity contribution is 5.02. The number of allylic oxidation sites excluding steroid dienone is 1. The molecule has 0 heterocycles. The van der Waals surface area contributed by atoms with Gasteiger partial charge in [0.05, 0.1) is 0 Å². The summed E-state index contributed by atoms with van der Waals surface area (Å²) in [6.07, 6.45) is 4.05. The molecule has 0 bridgehead atoms. The van der Waals surface area contributed by atoms with Crippen molar-refractivity contribution < 1.29 is 4.39 Å². The zero-order chi connectivity index (χ0) is 8.43. The van der Waals surface area contributed by atoms with E-state index in [-0.39, 0.29) is 17.9 Å². The van der Waals surface area contributed by atoms with Crippen molar-refractivity contribution >= 4 is 0 Å². The first-order valence-corrected chi connectivity index (χ1v) is 4.19. The van der Waals surface area contributed by atoms with Gasteiger partial charge in [0.15, 0.2) is 0 Å². The van der Waals surface area contributed by atoms with E-state index in [4.69, 9.17) is 5.73 Å². The number of halogens is 1. The SMILES string of the molecule is CC(N)C1C=CCC(C)C1F. The lowest BCUT2D eigenvalue weighted by molar-refractivity contribution is 0.163. The maximum absolute atomic E-state index is 13.4. The monoisotopic (exact) mass is 157 g/mol. The summed E-state index contributed by atoms with van der Waals surface area (Å²) in [5, 5.41) is 0. The second kappa shape index (κ2) is 3.35. The molecule has 1 rings (SSSR count). The van der Waals surface area contributed by atoms with Crippen molar-refractivity contribution in [1.29, 1.82) is 0 Å². The highest BCUT2D eigenvalue weighted by Gasteiger charge is 2.29. The Balaban J connectivity index is 2.64. The molecule has 11 heavy (non-hydrogen) atoms. The second-order valence-electron chi connectivity index (χ2n) is 3.52. The predicted molar refractivity (Wildman–Crippen MR) is 45.0 cm³/mol. The maximum atomic E-state index is 13.4. The van der Waals surface area contributed by atoms with Gasteiger partial charge < -0.3 is 5.73 Å². The van der Waals surface area contributed by atoms with Gasteiger partial charge in [-0.1, -0.05) is 19.1 Å². The molecule has 1 aliphatic rings. The quantitative estimate of drug-likeness (QED) is 0.578. The second-order valence-corrected chi connectivity index (χ2v) is 3.52. The van der Waals surface area contributed by atoms with Crippen molar-refractivity contribution in [3.05, 3.63) is 12.2 Å². The minimum atomic E-state index is -0.750. The van der Waals surface area contributed by atoms with Gasteiger partial charge in [-0.2, -0.15) is 0 Å². The standard InChI is InChI=1S/C9H16FN/c1-6-4-3-5-8(7(2)11)9(6)10/h3,5-9H,4,11H2,1-2H3. The van der Waals surface area contributed by atoms with E-state index < -0.39 is 6.17 Å². The Kier molecular flexibility index (Phi) is 2.66. The lowest BCUT2D eigenvalue weighted by Gasteiger charge is -2.29. The number of nitrogens with two attached hydrogens (primary N) is 1. The molecule has 4 atom stereocenters. The Morgan fingerprint density at radius 1 is 1.64 bits per heavy atom. The minimum Gasteiger partial charge on any atom is -0.327 e. The van der Waals surface area contributed by atoms with Gasteiger partial charge in [-0.05, 0) is 19.3 Å². The molecule has 64 valence electrons. The van der Waals surface area contributed by atoms with Crippen LogP contribution in [0.25, 0.3) is 0 Å². The van der Waals surface area contributed by atoms with E-state index in [1.165, 1.54) is 0 Å². The average Bonchev–Trinajstić information content (AvgIpc) is 1.94. The van der Waals surface area contributed by atoms with Crippen molar-refractivity contribution in [1.82, 2.24) is 0 Å². The first-order valence-electron chi connectivity index (χ1n) is 4.19. The summed E-state index contributed by atoms with van der Waals surface area (Å²) in [6, 6.07) is -0.0657. The molecule has 0 fully saturated rings. The molecule has 2 heteroatoms. The Morgan fingerprint density at radius 2 is 2.27 bits per heavy atom. The lowest BCUT2D eigenvalue weighted by atomic mass is 9.82. The van der Waals surface area contributed by atoms with Crippen LogP contribution in [-0.4, -0.2) is 12.2 Å². The zero-order valence-corrected chi connectivity index (χ0v) is 7.13. The van der Waals surface area contributed by atoms with E-state index in [0.29, 0.717) is 0 Å². The molecule has 0 aliphatic heterocycles. The van der Waals surface area contributed by atoms with Crippen LogP contribution >= 0.6 is 0 Å². The fourth-order valence-corrected chi connectivity index (χ4v) is 1.53. The Hall–Kier alpha value is -0.370. The maximum Gasteiger partial charge on any atom is 0.111 e. The Bertz CT molecular complexity index is 154. The van der Waals surface area contributed by atoms with E-state index in [9.17, 15) is 4.39 Å². The van der Waals surface area contributed by atoms with Crippen LogP contribution in [-0.2, 0) is 0 Å². The van der Waals surface area contributed by atoms with Crippen LogP contribution in [0.3, 0.4) is 0 Å². The first-order chi connectivity index (χ1) is 5.13. The molecule has 2 N–H and O–H groups in total. The zero-order valence-electron chi connectivity index (χ0n) is 7.13. The Labute approximate surface area is 67.5 Å². The topological polar surface area (TPSA) is 26.0 Å². The molecule has 0 aromatic heterocycles. The average molecular weight is 157 g/mol. The minimum absolute atomic E-state index is 0.0657. The third kappa shape index (κ3) is 1.80. The van der Waals surface area contributed by atoms with E-state index in [2.05, 4.69) is 0 Å². The molecular formula is C9H16FN. The van der Waals surface area contributed by atoms with Gasteiger partial charge in [0.1, 0.15) is 6.17 Å². The van der Waals surface area contributed by atoms with Crippen molar-refractivity contribution in [3.63, 3.8) is 0 Å². The smallest absolute Gasteiger partial charge is 0.111 e. The van der Waals surface area contributed by atoms with Crippen LogP contribution in [0.5, 0.6) is 0 Å². The number of alkyl halides is 1. The summed E-state index contributed by atoms with van der Waals surface area (Å²) in [6.45, 7) is 3.79. The van der Waals surface area contributed by atoms with Gasteiger partial charge in [0, 0.05) is 12.0 Å². The summed E-state index contributed by atoms with van der Waals surface area (Å²) in [7, 11) is 0. The highest BCUT2D eigenvalue weighted by Crippen LogP contribution is 2.27. The highest BCUT2D eigenvalue weighted by atomic mass is 19.1. The fourth-order valence-electron chi connectivity index (χ4n) is 1.53. The van der Waals surface area contributed by atoms with E-state index in [0.717, 1.165) is 6.42 Å². The summed E-state index contributed by atoms with van der Waals surface area (Å²) in [4.78, 5) is 0. The van der Waals surface area contributed by atoms with E-state index in [1.54, 1.807) is 0 Å². The number of hydrogen-bond acceptors (Lipinski definition) is 1. The van der Waals surface area contributed by atoms with Gasteiger partial charge in [0.2, 0.25) is 0 Å². The van der Waals surface area contributed by atoms with E-state index in [1.807, 2.05) is 26.0 Å². The fraction of sp³-hybridized carbons (Fsp3) is 0.778. The first kappa shape index (κ1) is 8.72. The molecule has 4 unspecified atom stereocenters. The van der Waals surface area contributed by atoms with E-state index >= 15 is 0 Å². The third-order valence-electron chi connectivity index (χ3n) is 2.38. The van der Waals surface area contributed by atoms with Crippen LogP contribution in [0.2, 0.25) is 0 Å². The molecule has 0 saturated carbocycles. The van der Waals surface area contributed by atoms with Gasteiger partial charge in [-0.3, -0.25) is 0 Å².